The van der Waals surface area contributed by atoms with Crippen LogP contribution in [0.4, 0.5) is 11.4 Å². The highest BCUT2D eigenvalue weighted by molar-refractivity contribution is 7.92. The van der Waals surface area contributed by atoms with E-state index in [2.05, 4.69) is 5.32 Å². The predicted octanol–water partition coefficient (Wildman–Crippen LogP) is 2.25. The summed E-state index contributed by atoms with van der Waals surface area (Å²) in [6.45, 7) is 3.38. The number of anilines is 1. The van der Waals surface area contributed by atoms with E-state index in [4.69, 9.17) is 4.74 Å². The Labute approximate surface area is 169 Å². The van der Waals surface area contributed by atoms with Gasteiger partial charge < -0.3 is 10.1 Å². The van der Waals surface area contributed by atoms with Crippen LogP contribution in [0.1, 0.15) is 12.5 Å². The number of hydrogen-bond donors (Lipinski definition) is 1. The molecule has 0 saturated carbocycles. The molecule has 0 heterocycles. The monoisotopic (exact) mass is 421 g/mol. The molecule has 9 nitrogen and oxygen atoms in total. The van der Waals surface area contributed by atoms with Crippen molar-refractivity contribution >= 4 is 27.3 Å². The maximum atomic E-state index is 12.4. The molecule has 0 radical (unpaired) electrons. The molecule has 29 heavy (non-hydrogen) atoms. The second-order valence-electron chi connectivity index (χ2n) is 6.64. The van der Waals surface area contributed by atoms with Crippen LogP contribution in [0.15, 0.2) is 48.5 Å². The van der Waals surface area contributed by atoms with Crippen LogP contribution in [0, 0.1) is 17.0 Å². The number of aryl methyl sites for hydroxylation is 1. The summed E-state index contributed by atoms with van der Waals surface area (Å²) < 4.78 is 30.7. The standard InChI is InChI=1S/C19H23N3O6S/c1-14-7-9-18(10-8-14)28-13-15(2)20-19(23)12-21(29(3,26)27)16-5-4-6-17(11-16)22(24)25/h4-11,15H,12-13H2,1-3H3,(H,20,23)/t15-/m1/s1. The maximum Gasteiger partial charge on any atom is 0.271 e. The Morgan fingerprint density at radius 2 is 1.90 bits per heavy atom. The number of amides is 1. The zero-order valence-corrected chi connectivity index (χ0v) is 17.2. The fourth-order valence-corrected chi connectivity index (χ4v) is 3.36. The maximum absolute atomic E-state index is 12.4. The zero-order valence-electron chi connectivity index (χ0n) is 16.4. The van der Waals surface area contributed by atoms with Crippen molar-refractivity contribution in [2.24, 2.45) is 0 Å². The number of carbonyl (C=O) groups is 1. The number of nitro benzene ring substituents is 1. The van der Waals surface area contributed by atoms with Crippen molar-refractivity contribution < 1.29 is 22.9 Å². The molecule has 0 unspecified atom stereocenters. The van der Waals surface area contributed by atoms with E-state index in [1.54, 1.807) is 6.92 Å². The Bertz CT molecular complexity index is 976. The lowest BCUT2D eigenvalue weighted by atomic mass is 10.2. The normalized spacial score (nSPS) is 12.1. The second-order valence-corrected chi connectivity index (χ2v) is 8.55. The number of rotatable bonds is 9. The summed E-state index contributed by atoms with van der Waals surface area (Å²) in [5.74, 6) is 0.105. The summed E-state index contributed by atoms with van der Waals surface area (Å²) >= 11 is 0. The SMILES string of the molecule is Cc1ccc(OC[C@@H](C)NC(=O)CN(c2cccc([N+](=O)[O-])c2)S(C)(=O)=O)cc1. The molecule has 2 aromatic rings. The van der Waals surface area contributed by atoms with Crippen LogP contribution in [-0.4, -0.2) is 44.7 Å². The fraction of sp³-hybridized carbons (Fsp3) is 0.316. The van der Waals surface area contributed by atoms with Gasteiger partial charge in [-0.3, -0.25) is 19.2 Å². The molecule has 2 aromatic carbocycles. The summed E-state index contributed by atoms with van der Waals surface area (Å²) in [4.78, 5) is 22.7. The van der Waals surface area contributed by atoms with E-state index in [1.165, 1.54) is 18.2 Å². The van der Waals surface area contributed by atoms with Crippen LogP contribution in [0.2, 0.25) is 0 Å². The second kappa shape index (κ2) is 9.37. The van der Waals surface area contributed by atoms with Crippen molar-refractivity contribution in [3.8, 4) is 5.75 Å². The molecule has 0 aliphatic carbocycles. The summed E-state index contributed by atoms with van der Waals surface area (Å²) in [5.41, 5.74) is 0.873. The van der Waals surface area contributed by atoms with Gasteiger partial charge in [-0.15, -0.1) is 0 Å². The molecule has 0 aliphatic rings. The smallest absolute Gasteiger partial charge is 0.271 e. The molecule has 10 heteroatoms. The van der Waals surface area contributed by atoms with Gasteiger partial charge in [-0.05, 0) is 32.0 Å². The van der Waals surface area contributed by atoms with Gasteiger partial charge in [0.15, 0.2) is 0 Å². The van der Waals surface area contributed by atoms with Gasteiger partial charge in [0.05, 0.1) is 22.9 Å². The van der Waals surface area contributed by atoms with Gasteiger partial charge in [-0.25, -0.2) is 8.42 Å². The third-order valence-corrected chi connectivity index (χ3v) is 5.09. The Balaban J connectivity index is 2.02. The summed E-state index contributed by atoms with van der Waals surface area (Å²) in [6.07, 6.45) is 0.934. The lowest BCUT2D eigenvalue weighted by Gasteiger charge is -2.23. The quantitative estimate of drug-likeness (QED) is 0.490. The molecule has 156 valence electrons. The number of sulfonamides is 1. The Hall–Kier alpha value is -3.14. The van der Waals surface area contributed by atoms with Crippen molar-refractivity contribution in [3.63, 3.8) is 0 Å². The number of nitro groups is 1. The van der Waals surface area contributed by atoms with Gasteiger partial charge in [0.1, 0.15) is 18.9 Å². The van der Waals surface area contributed by atoms with Crippen LogP contribution in [0.25, 0.3) is 0 Å². The summed E-state index contributed by atoms with van der Waals surface area (Å²) in [5, 5.41) is 13.6. The first-order valence-corrected chi connectivity index (χ1v) is 10.6. The van der Waals surface area contributed by atoms with Crippen molar-refractivity contribution in [1.82, 2.24) is 5.32 Å². The largest absolute Gasteiger partial charge is 0.491 e. The van der Waals surface area contributed by atoms with Crippen molar-refractivity contribution in [2.45, 2.75) is 19.9 Å². The highest BCUT2D eigenvalue weighted by Crippen LogP contribution is 2.23. The molecule has 2 rings (SSSR count). The first-order valence-electron chi connectivity index (χ1n) is 8.77. The molecule has 0 aromatic heterocycles. The van der Waals surface area contributed by atoms with Crippen molar-refractivity contribution in [1.29, 1.82) is 0 Å². The van der Waals surface area contributed by atoms with E-state index in [-0.39, 0.29) is 24.0 Å². The van der Waals surface area contributed by atoms with Gasteiger partial charge in [0, 0.05) is 12.1 Å². The average Bonchev–Trinajstić information content (AvgIpc) is 2.65. The number of nitrogens with one attached hydrogen (secondary N) is 1. The molecule has 0 spiro atoms. The molecular formula is C19H23N3O6S. The molecular weight excluding hydrogens is 398 g/mol. The van der Waals surface area contributed by atoms with Gasteiger partial charge in [-0.1, -0.05) is 23.8 Å². The zero-order chi connectivity index (χ0) is 21.6. The minimum Gasteiger partial charge on any atom is -0.491 e. The van der Waals surface area contributed by atoms with E-state index in [9.17, 15) is 23.3 Å². The lowest BCUT2D eigenvalue weighted by molar-refractivity contribution is -0.384. The average molecular weight is 421 g/mol. The van der Waals surface area contributed by atoms with Gasteiger partial charge in [0.2, 0.25) is 15.9 Å². The summed E-state index contributed by atoms with van der Waals surface area (Å²) in [6, 6.07) is 12.2. The Kier molecular flexibility index (Phi) is 7.16. The van der Waals surface area contributed by atoms with E-state index in [1.807, 2.05) is 31.2 Å². The van der Waals surface area contributed by atoms with Crippen LogP contribution >= 0.6 is 0 Å². The first-order chi connectivity index (χ1) is 13.6. The predicted molar refractivity (Wildman–Crippen MR) is 110 cm³/mol. The minimum absolute atomic E-state index is 0.0420. The molecule has 1 N–H and O–H groups in total. The minimum atomic E-state index is -3.83. The molecule has 0 saturated heterocycles. The van der Waals surface area contributed by atoms with Crippen molar-refractivity contribution in [2.75, 3.05) is 23.7 Å². The number of ether oxygens (including phenoxy) is 1. The topological polar surface area (TPSA) is 119 Å². The van der Waals surface area contributed by atoms with Crippen LogP contribution in [0.5, 0.6) is 5.75 Å². The molecule has 0 bridgehead atoms. The third kappa shape index (κ3) is 6.75. The third-order valence-electron chi connectivity index (χ3n) is 3.94. The Morgan fingerprint density at radius 3 is 2.48 bits per heavy atom. The number of non-ortho nitro benzene ring substituents is 1. The fourth-order valence-electron chi connectivity index (χ4n) is 2.51. The van der Waals surface area contributed by atoms with Crippen molar-refractivity contribution in [3.05, 3.63) is 64.2 Å². The first kappa shape index (κ1) is 22.2. The van der Waals surface area contributed by atoms with E-state index in [0.717, 1.165) is 22.2 Å². The number of nitrogens with zero attached hydrogens (tertiary/aromatic N) is 2. The van der Waals surface area contributed by atoms with E-state index < -0.39 is 27.4 Å². The number of benzene rings is 2. The number of hydrogen-bond acceptors (Lipinski definition) is 6. The lowest BCUT2D eigenvalue weighted by Crippen LogP contribution is -2.44. The van der Waals surface area contributed by atoms with Crippen LogP contribution < -0.4 is 14.4 Å². The van der Waals surface area contributed by atoms with Gasteiger partial charge in [-0.2, -0.15) is 0 Å². The highest BCUT2D eigenvalue weighted by Gasteiger charge is 2.23. The van der Waals surface area contributed by atoms with Crippen LogP contribution in [-0.2, 0) is 14.8 Å². The molecule has 1 atom stereocenters. The molecule has 0 aliphatic heterocycles. The van der Waals surface area contributed by atoms with Gasteiger partial charge in [0.25, 0.3) is 5.69 Å². The Morgan fingerprint density at radius 1 is 1.24 bits per heavy atom. The molecule has 1 amide bonds. The van der Waals surface area contributed by atoms with E-state index in [0.29, 0.717) is 5.75 Å². The van der Waals surface area contributed by atoms with Gasteiger partial charge >= 0.3 is 0 Å². The summed E-state index contributed by atoms with van der Waals surface area (Å²) in [7, 11) is -3.83. The van der Waals surface area contributed by atoms with Crippen LogP contribution in [0.3, 0.4) is 0 Å². The highest BCUT2D eigenvalue weighted by atomic mass is 32.2. The molecule has 0 fully saturated rings. The van der Waals surface area contributed by atoms with E-state index >= 15 is 0 Å². The number of carbonyl (C=O) groups excluding carboxylic acids is 1.